The number of hydrogen-bond acceptors (Lipinski definition) is 6. The van der Waals surface area contributed by atoms with Crippen LogP contribution in [0.5, 0.6) is 17.2 Å². The van der Waals surface area contributed by atoms with Gasteiger partial charge < -0.3 is 19.1 Å². The van der Waals surface area contributed by atoms with Crippen molar-refractivity contribution >= 4 is 29.1 Å². The molecule has 0 bridgehead atoms. The highest BCUT2D eigenvalue weighted by Crippen LogP contribution is 2.36. The lowest BCUT2D eigenvalue weighted by Crippen LogP contribution is -2.48. The standard InChI is InChI=1S/C24H26Cl2N4O4/c1-32-21-7-4-8-22(33-2)23(21)34-16-30-10-9-20(27-30)24(31)29-13-11-28(12-14-29)15-17-18(25)5-3-6-19(17)26/h3-10H,11-16H2,1-2H3. The van der Waals surface area contributed by atoms with Gasteiger partial charge in [-0.25, -0.2) is 4.68 Å². The molecule has 180 valence electrons. The van der Waals surface area contributed by atoms with Crippen molar-refractivity contribution in [3.63, 3.8) is 0 Å². The highest BCUT2D eigenvalue weighted by Gasteiger charge is 2.24. The van der Waals surface area contributed by atoms with Gasteiger partial charge in [0.25, 0.3) is 5.91 Å². The third-order valence-electron chi connectivity index (χ3n) is 5.69. The number of hydrogen-bond donors (Lipinski definition) is 0. The number of nitrogens with zero attached hydrogens (tertiary/aromatic N) is 4. The van der Waals surface area contributed by atoms with Crippen molar-refractivity contribution in [1.82, 2.24) is 19.6 Å². The van der Waals surface area contributed by atoms with E-state index in [0.29, 0.717) is 52.6 Å². The highest BCUT2D eigenvalue weighted by atomic mass is 35.5. The summed E-state index contributed by atoms with van der Waals surface area (Å²) in [5.41, 5.74) is 1.29. The highest BCUT2D eigenvalue weighted by molar-refractivity contribution is 6.35. The van der Waals surface area contributed by atoms with Crippen LogP contribution in [0.2, 0.25) is 10.0 Å². The predicted molar refractivity (Wildman–Crippen MR) is 130 cm³/mol. The summed E-state index contributed by atoms with van der Waals surface area (Å²) in [5.74, 6) is 1.48. The molecule has 0 aliphatic carbocycles. The van der Waals surface area contributed by atoms with Crippen molar-refractivity contribution in [3.8, 4) is 17.2 Å². The number of ether oxygens (including phenoxy) is 3. The predicted octanol–water partition coefficient (Wildman–Crippen LogP) is 4.20. The van der Waals surface area contributed by atoms with Crippen molar-refractivity contribution < 1.29 is 19.0 Å². The van der Waals surface area contributed by atoms with Crippen LogP contribution in [0.15, 0.2) is 48.7 Å². The van der Waals surface area contributed by atoms with Crippen LogP contribution in [0.3, 0.4) is 0 Å². The third-order valence-corrected chi connectivity index (χ3v) is 6.39. The Labute approximate surface area is 208 Å². The molecular weight excluding hydrogens is 479 g/mol. The molecular formula is C24H26Cl2N4O4. The van der Waals surface area contributed by atoms with Gasteiger partial charge >= 0.3 is 0 Å². The Hall–Kier alpha value is -2.94. The van der Waals surface area contributed by atoms with Gasteiger partial charge in [-0.3, -0.25) is 9.69 Å². The summed E-state index contributed by atoms with van der Waals surface area (Å²) < 4.78 is 18.1. The van der Waals surface area contributed by atoms with E-state index >= 15 is 0 Å². The van der Waals surface area contributed by atoms with Gasteiger partial charge in [0.2, 0.25) is 5.75 Å². The minimum Gasteiger partial charge on any atom is -0.493 e. The van der Waals surface area contributed by atoms with Gasteiger partial charge in [0.05, 0.1) is 14.2 Å². The maximum Gasteiger partial charge on any atom is 0.274 e. The SMILES string of the molecule is COc1cccc(OC)c1OCn1ccc(C(=O)N2CCN(Cc3c(Cl)cccc3Cl)CC2)n1. The molecule has 2 heterocycles. The summed E-state index contributed by atoms with van der Waals surface area (Å²) in [7, 11) is 3.13. The van der Waals surface area contributed by atoms with E-state index in [-0.39, 0.29) is 12.6 Å². The zero-order valence-electron chi connectivity index (χ0n) is 19.0. The molecule has 0 atom stereocenters. The van der Waals surface area contributed by atoms with Crippen LogP contribution in [-0.2, 0) is 13.3 Å². The lowest BCUT2D eigenvalue weighted by molar-refractivity contribution is 0.0620. The molecule has 3 aromatic rings. The first kappa shape index (κ1) is 24.2. The van der Waals surface area contributed by atoms with Crippen molar-refractivity contribution in [2.45, 2.75) is 13.3 Å². The maximum absolute atomic E-state index is 13.0. The van der Waals surface area contributed by atoms with Crippen LogP contribution >= 0.6 is 23.2 Å². The average Bonchev–Trinajstić information content (AvgIpc) is 3.34. The summed E-state index contributed by atoms with van der Waals surface area (Å²) in [4.78, 5) is 17.0. The summed E-state index contributed by atoms with van der Waals surface area (Å²) >= 11 is 12.6. The lowest BCUT2D eigenvalue weighted by Gasteiger charge is -2.34. The van der Waals surface area contributed by atoms with Crippen molar-refractivity contribution in [3.05, 3.63) is 70.0 Å². The maximum atomic E-state index is 13.0. The molecule has 0 unspecified atom stereocenters. The molecule has 0 radical (unpaired) electrons. The summed E-state index contributed by atoms with van der Waals surface area (Å²) in [6.07, 6.45) is 1.71. The van der Waals surface area contributed by atoms with Crippen molar-refractivity contribution in [1.29, 1.82) is 0 Å². The number of para-hydroxylation sites is 1. The Morgan fingerprint density at radius 2 is 1.56 bits per heavy atom. The topological polar surface area (TPSA) is 69.1 Å². The lowest BCUT2D eigenvalue weighted by atomic mass is 10.2. The van der Waals surface area contributed by atoms with Gasteiger partial charge in [-0.2, -0.15) is 5.10 Å². The summed E-state index contributed by atoms with van der Waals surface area (Å²) in [6, 6.07) is 12.6. The fourth-order valence-electron chi connectivity index (χ4n) is 3.82. The van der Waals surface area contributed by atoms with E-state index in [1.54, 1.807) is 43.3 Å². The number of carbonyl (C=O) groups is 1. The number of methoxy groups -OCH3 is 2. The molecule has 1 amide bonds. The fourth-order valence-corrected chi connectivity index (χ4v) is 4.33. The van der Waals surface area contributed by atoms with E-state index in [2.05, 4.69) is 10.00 Å². The second-order valence-electron chi connectivity index (χ2n) is 7.77. The van der Waals surface area contributed by atoms with E-state index in [0.717, 1.165) is 18.7 Å². The summed E-state index contributed by atoms with van der Waals surface area (Å²) in [6.45, 7) is 3.41. The first-order chi connectivity index (χ1) is 16.5. The first-order valence-electron chi connectivity index (χ1n) is 10.8. The zero-order valence-corrected chi connectivity index (χ0v) is 20.6. The number of piperazine rings is 1. The van der Waals surface area contributed by atoms with E-state index < -0.39 is 0 Å². The van der Waals surface area contributed by atoms with E-state index in [9.17, 15) is 4.79 Å². The molecule has 10 heteroatoms. The molecule has 0 saturated carbocycles. The van der Waals surface area contributed by atoms with E-state index in [4.69, 9.17) is 37.4 Å². The molecule has 1 fully saturated rings. The summed E-state index contributed by atoms with van der Waals surface area (Å²) in [5, 5.41) is 5.71. The number of benzene rings is 2. The van der Waals surface area contributed by atoms with Gasteiger partial charge in [0.1, 0.15) is 0 Å². The molecule has 34 heavy (non-hydrogen) atoms. The van der Waals surface area contributed by atoms with Gasteiger partial charge in [-0.1, -0.05) is 35.3 Å². The van der Waals surface area contributed by atoms with E-state index in [1.807, 2.05) is 29.2 Å². The Kier molecular flexibility index (Phi) is 7.82. The normalized spacial score (nSPS) is 14.2. The quantitative estimate of drug-likeness (QED) is 0.457. The van der Waals surface area contributed by atoms with Crippen LogP contribution in [0.4, 0.5) is 0 Å². The Morgan fingerprint density at radius 1 is 0.941 bits per heavy atom. The van der Waals surface area contributed by atoms with Crippen molar-refractivity contribution in [2.75, 3.05) is 40.4 Å². The minimum absolute atomic E-state index is 0.107. The fraction of sp³-hybridized carbons (Fsp3) is 0.333. The molecule has 8 nitrogen and oxygen atoms in total. The van der Waals surface area contributed by atoms with Gasteiger partial charge in [-0.15, -0.1) is 0 Å². The molecule has 2 aromatic carbocycles. The van der Waals surface area contributed by atoms with Crippen LogP contribution < -0.4 is 14.2 Å². The van der Waals surface area contributed by atoms with Gasteiger partial charge in [-0.05, 0) is 30.3 Å². The number of halogens is 2. The van der Waals surface area contributed by atoms with Crippen molar-refractivity contribution in [2.24, 2.45) is 0 Å². The Morgan fingerprint density at radius 3 is 2.18 bits per heavy atom. The Bertz CT molecular complexity index is 1100. The molecule has 1 aliphatic rings. The minimum atomic E-state index is -0.107. The molecule has 1 aliphatic heterocycles. The second kappa shape index (κ2) is 11.0. The van der Waals surface area contributed by atoms with Gasteiger partial charge in [0.15, 0.2) is 23.9 Å². The number of rotatable bonds is 8. The molecule has 4 rings (SSSR count). The second-order valence-corrected chi connectivity index (χ2v) is 8.59. The monoisotopic (exact) mass is 504 g/mol. The number of amides is 1. The molecule has 0 N–H and O–H groups in total. The molecule has 1 saturated heterocycles. The molecule has 0 spiro atoms. The van der Waals surface area contributed by atoms with Crippen LogP contribution in [0, 0.1) is 0 Å². The van der Waals surface area contributed by atoms with Gasteiger partial charge in [0, 0.05) is 54.5 Å². The third kappa shape index (κ3) is 5.41. The smallest absolute Gasteiger partial charge is 0.274 e. The first-order valence-corrected chi connectivity index (χ1v) is 11.6. The van der Waals surface area contributed by atoms with Crippen LogP contribution in [0.25, 0.3) is 0 Å². The zero-order chi connectivity index (χ0) is 24.1. The number of carbonyl (C=O) groups excluding carboxylic acids is 1. The average molecular weight is 505 g/mol. The van der Waals surface area contributed by atoms with Crippen LogP contribution in [0.1, 0.15) is 16.1 Å². The largest absolute Gasteiger partial charge is 0.493 e. The van der Waals surface area contributed by atoms with E-state index in [1.165, 1.54) is 0 Å². The van der Waals surface area contributed by atoms with Crippen LogP contribution in [-0.4, -0.2) is 65.9 Å². The number of aromatic nitrogens is 2. The Balaban J connectivity index is 1.33. The molecule has 1 aromatic heterocycles.